The minimum atomic E-state index is -0.544. The lowest BCUT2D eigenvalue weighted by Gasteiger charge is -2.45. The van der Waals surface area contributed by atoms with E-state index in [0.717, 1.165) is 20.7 Å². The number of nitrogens with zero attached hydrogens (tertiary/aromatic N) is 1. The average molecular weight is 703 g/mol. The summed E-state index contributed by atoms with van der Waals surface area (Å²) in [6.07, 6.45) is 0. The Morgan fingerprint density at radius 1 is 0.532 bits per heavy atom. The van der Waals surface area contributed by atoms with Crippen LogP contribution in [0.5, 0.6) is 0 Å². The first-order valence-electron chi connectivity index (χ1n) is 15.7. The molecule has 0 radical (unpaired) electrons. The van der Waals surface area contributed by atoms with Crippen LogP contribution in [0.15, 0.2) is 156 Å². The minimum Gasteiger partial charge on any atom is -0.310 e. The second kappa shape index (κ2) is 10.2. The van der Waals surface area contributed by atoms with Gasteiger partial charge in [-0.05, 0) is 99.6 Å². The summed E-state index contributed by atoms with van der Waals surface area (Å²) in [4.78, 5) is 2.41. The molecule has 4 heteroatoms. The predicted molar refractivity (Wildman–Crippen MR) is 203 cm³/mol. The largest absolute Gasteiger partial charge is 0.310 e. The molecule has 0 atom stereocenters. The summed E-state index contributed by atoms with van der Waals surface area (Å²) < 4.78 is 3.70. The molecular weight excluding hydrogens is 678 g/mol. The van der Waals surface area contributed by atoms with E-state index in [1.54, 1.807) is 0 Å². The molecule has 1 aliphatic heterocycles. The van der Waals surface area contributed by atoms with Crippen molar-refractivity contribution in [2.75, 3.05) is 4.90 Å². The lowest BCUT2D eigenvalue weighted by atomic mass is 9.64. The molecule has 2 heterocycles. The van der Waals surface area contributed by atoms with Crippen LogP contribution in [0, 0.1) is 0 Å². The Labute approximate surface area is 290 Å². The van der Waals surface area contributed by atoms with Gasteiger partial charge in [-0.15, -0.1) is 11.3 Å². The maximum absolute atomic E-state index is 7.14. The summed E-state index contributed by atoms with van der Waals surface area (Å²) in [5.74, 6) is 0. The molecule has 1 spiro atoms. The van der Waals surface area contributed by atoms with E-state index < -0.39 is 5.41 Å². The summed E-state index contributed by atoms with van der Waals surface area (Å²) in [5.41, 5.74) is 12.7. The van der Waals surface area contributed by atoms with Crippen LogP contribution in [-0.4, -0.2) is 0 Å². The number of para-hydroxylation sites is 3. The van der Waals surface area contributed by atoms with Crippen molar-refractivity contribution in [1.82, 2.24) is 0 Å². The molecule has 2 aliphatic rings. The van der Waals surface area contributed by atoms with Crippen LogP contribution in [0.3, 0.4) is 0 Å². The Balaban J connectivity index is 1.27. The highest BCUT2D eigenvalue weighted by Crippen LogP contribution is 2.64. The van der Waals surface area contributed by atoms with Crippen molar-refractivity contribution in [3.63, 3.8) is 0 Å². The number of fused-ring (bicyclic) bond motifs is 12. The van der Waals surface area contributed by atoms with Crippen molar-refractivity contribution < 1.29 is 0 Å². The number of rotatable bonds is 2. The summed E-state index contributed by atoms with van der Waals surface area (Å²) in [6.45, 7) is 0. The van der Waals surface area contributed by atoms with E-state index >= 15 is 0 Å². The minimum absolute atomic E-state index is 0.544. The zero-order valence-electron chi connectivity index (χ0n) is 25.0. The van der Waals surface area contributed by atoms with Gasteiger partial charge in [-0.2, -0.15) is 0 Å². The molecule has 0 amide bonds. The van der Waals surface area contributed by atoms with Gasteiger partial charge in [0, 0.05) is 40.9 Å². The summed E-state index contributed by atoms with van der Waals surface area (Å²) in [6, 6.07) is 55.4. The van der Waals surface area contributed by atoms with Crippen LogP contribution in [-0.2, 0) is 5.41 Å². The van der Waals surface area contributed by atoms with Crippen LogP contribution in [0.2, 0.25) is 5.02 Å². The van der Waals surface area contributed by atoms with Crippen molar-refractivity contribution in [2.45, 2.75) is 5.41 Å². The predicted octanol–water partition coefficient (Wildman–Crippen LogP) is 13.3. The Morgan fingerprint density at radius 3 is 2.00 bits per heavy atom. The second-order valence-corrected chi connectivity index (χ2v) is 14.7. The smallest absolute Gasteiger partial charge is 0.0755 e. The van der Waals surface area contributed by atoms with Gasteiger partial charge in [-0.25, -0.2) is 0 Å². The zero-order chi connectivity index (χ0) is 31.3. The molecule has 7 aromatic carbocycles. The first-order chi connectivity index (χ1) is 23.1. The third-order valence-electron chi connectivity index (χ3n) is 9.99. The van der Waals surface area contributed by atoms with Gasteiger partial charge < -0.3 is 4.90 Å². The standard InChI is InChI=1S/C43H25BrClNS/c44-28-19-22-40-32(25-28)30-20-17-27(24-41(30)47-40)26-18-21-31-36(23-26)43(35-13-8-14-37(45)42(31)35)33-11-4-6-15-38(33)46(29-9-2-1-3-10-29)39-16-7-5-12-34(39)43/h1-25H. The highest BCUT2D eigenvalue weighted by atomic mass is 79.9. The second-order valence-electron chi connectivity index (χ2n) is 12.3. The monoisotopic (exact) mass is 701 g/mol. The highest BCUT2D eigenvalue weighted by molar-refractivity contribution is 9.10. The molecule has 8 aromatic rings. The fraction of sp³-hybridized carbons (Fsp3) is 0.0233. The van der Waals surface area contributed by atoms with Crippen molar-refractivity contribution >= 4 is 76.1 Å². The molecule has 1 aliphatic carbocycles. The average Bonchev–Trinajstić information content (AvgIpc) is 3.62. The van der Waals surface area contributed by atoms with E-state index in [0.29, 0.717) is 0 Å². The van der Waals surface area contributed by atoms with Crippen molar-refractivity contribution in [2.24, 2.45) is 0 Å². The fourth-order valence-electron chi connectivity index (χ4n) is 8.12. The molecule has 0 saturated carbocycles. The number of hydrogen-bond acceptors (Lipinski definition) is 2. The van der Waals surface area contributed by atoms with Gasteiger partial charge in [-0.3, -0.25) is 0 Å². The van der Waals surface area contributed by atoms with E-state index in [2.05, 4.69) is 166 Å². The van der Waals surface area contributed by atoms with Gasteiger partial charge >= 0.3 is 0 Å². The van der Waals surface area contributed by atoms with Gasteiger partial charge in [0.25, 0.3) is 0 Å². The quantitative estimate of drug-likeness (QED) is 0.173. The van der Waals surface area contributed by atoms with Crippen molar-refractivity contribution in [3.05, 3.63) is 183 Å². The molecule has 47 heavy (non-hydrogen) atoms. The van der Waals surface area contributed by atoms with E-state index in [4.69, 9.17) is 11.6 Å². The highest BCUT2D eigenvalue weighted by Gasteiger charge is 2.52. The topological polar surface area (TPSA) is 3.24 Å². The third kappa shape index (κ3) is 3.76. The number of thiophene rings is 1. The van der Waals surface area contributed by atoms with Crippen LogP contribution in [0.4, 0.5) is 17.1 Å². The summed E-state index contributed by atoms with van der Waals surface area (Å²) in [7, 11) is 0. The Bertz CT molecular complexity index is 2520. The van der Waals surface area contributed by atoms with Crippen LogP contribution in [0.1, 0.15) is 22.3 Å². The van der Waals surface area contributed by atoms with Gasteiger partial charge in [-0.1, -0.05) is 119 Å². The van der Waals surface area contributed by atoms with Gasteiger partial charge in [0.2, 0.25) is 0 Å². The molecule has 1 nitrogen and oxygen atoms in total. The number of benzene rings is 7. The lowest BCUT2D eigenvalue weighted by Crippen LogP contribution is -2.36. The lowest BCUT2D eigenvalue weighted by molar-refractivity contribution is 0.753. The third-order valence-corrected chi connectivity index (χ3v) is 11.9. The van der Waals surface area contributed by atoms with Crippen LogP contribution >= 0.6 is 38.9 Å². The zero-order valence-corrected chi connectivity index (χ0v) is 28.2. The first kappa shape index (κ1) is 27.4. The molecule has 222 valence electrons. The molecule has 0 unspecified atom stereocenters. The Morgan fingerprint density at radius 2 is 1.21 bits per heavy atom. The van der Waals surface area contributed by atoms with Crippen LogP contribution in [0.25, 0.3) is 42.4 Å². The number of hydrogen-bond donors (Lipinski definition) is 0. The molecule has 0 N–H and O–H groups in total. The molecule has 10 rings (SSSR count). The maximum Gasteiger partial charge on any atom is 0.0755 e. The summed E-state index contributed by atoms with van der Waals surface area (Å²) in [5, 5.41) is 3.37. The molecule has 0 bridgehead atoms. The Hall–Kier alpha value is -4.67. The van der Waals surface area contributed by atoms with Gasteiger partial charge in [0.1, 0.15) is 0 Å². The van der Waals surface area contributed by atoms with E-state index in [9.17, 15) is 0 Å². The van der Waals surface area contributed by atoms with Gasteiger partial charge in [0.05, 0.1) is 16.8 Å². The fourth-order valence-corrected chi connectivity index (χ4v) is 9.88. The van der Waals surface area contributed by atoms with Gasteiger partial charge in [0.15, 0.2) is 0 Å². The number of anilines is 3. The summed E-state index contributed by atoms with van der Waals surface area (Å²) >= 11 is 12.7. The normalized spacial score (nSPS) is 13.9. The van der Waals surface area contributed by atoms with Crippen molar-refractivity contribution in [3.8, 4) is 22.3 Å². The maximum atomic E-state index is 7.14. The molecule has 0 saturated heterocycles. The molecule has 1 aromatic heterocycles. The first-order valence-corrected chi connectivity index (χ1v) is 17.7. The van der Waals surface area contributed by atoms with Crippen molar-refractivity contribution in [1.29, 1.82) is 0 Å². The SMILES string of the molecule is Clc1cccc2c1-c1ccc(-c3ccc4c(c3)sc3ccc(Br)cc34)cc1C21c2ccccc2N(c2ccccc2)c2ccccc21. The van der Waals surface area contributed by atoms with E-state index in [-0.39, 0.29) is 0 Å². The Kier molecular flexibility index (Phi) is 5.93. The van der Waals surface area contributed by atoms with Crippen LogP contribution < -0.4 is 4.90 Å². The number of halogens is 2. The molecular formula is C43H25BrClNS. The van der Waals surface area contributed by atoms with E-state index in [1.807, 2.05) is 17.4 Å². The molecule has 0 fully saturated rings. The van der Waals surface area contributed by atoms with E-state index in [1.165, 1.54) is 70.5 Å².